The van der Waals surface area contributed by atoms with Crippen LogP contribution < -0.4 is 10.1 Å². The van der Waals surface area contributed by atoms with Crippen LogP contribution in [0.4, 0.5) is 6.01 Å². The molecule has 0 saturated heterocycles. The number of nitrogens with zero attached hydrogens (tertiary/aromatic N) is 1. The number of benzene rings is 1. The Kier molecular flexibility index (Phi) is 2.58. The summed E-state index contributed by atoms with van der Waals surface area (Å²) >= 11 is 0. The Bertz CT molecular complexity index is 434. The zero-order chi connectivity index (χ0) is 10.7. The van der Waals surface area contributed by atoms with Crippen molar-refractivity contribution in [3.8, 4) is 17.0 Å². The first kappa shape index (κ1) is 9.58. The van der Waals surface area contributed by atoms with Gasteiger partial charge in [0.05, 0.1) is 7.11 Å². The lowest BCUT2D eigenvalue weighted by Gasteiger charge is -1.99. The van der Waals surface area contributed by atoms with E-state index in [1.807, 2.05) is 24.3 Å². The smallest absolute Gasteiger partial charge is 0.294 e. The SMILES string of the molecule is CNc1nc(-c2ccc(OC)cc2)co1. The van der Waals surface area contributed by atoms with Crippen LogP contribution in [0.3, 0.4) is 0 Å². The number of aromatic nitrogens is 1. The predicted octanol–water partition coefficient (Wildman–Crippen LogP) is 2.39. The molecule has 0 aliphatic rings. The van der Waals surface area contributed by atoms with Gasteiger partial charge < -0.3 is 14.5 Å². The van der Waals surface area contributed by atoms with Crippen molar-refractivity contribution < 1.29 is 9.15 Å². The number of nitrogens with one attached hydrogen (secondary N) is 1. The van der Waals surface area contributed by atoms with Gasteiger partial charge in [-0.3, -0.25) is 0 Å². The second-order valence-electron chi connectivity index (χ2n) is 3.02. The predicted molar refractivity (Wildman–Crippen MR) is 58.0 cm³/mol. The lowest BCUT2D eigenvalue weighted by Crippen LogP contribution is -1.87. The van der Waals surface area contributed by atoms with Gasteiger partial charge in [-0.25, -0.2) is 0 Å². The van der Waals surface area contributed by atoms with Crippen LogP contribution in [-0.2, 0) is 0 Å². The Morgan fingerprint density at radius 2 is 2.00 bits per heavy atom. The maximum atomic E-state index is 5.17. The molecule has 1 N–H and O–H groups in total. The van der Waals surface area contributed by atoms with Gasteiger partial charge in [0, 0.05) is 12.6 Å². The van der Waals surface area contributed by atoms with E-state index in [0.717, 1.165) is 17.0 Å². The molecule has 78 valence electrons. The average molecular weight is 204 g/mol. The Labute approximate surface area is 87.9 Å². The molecule has 0 spiro atoms. The number of hydrogen-bond acceptors (Lipinski definition) is 4. The molecule has 0 amide bonds. The number of methoxy groups -OCH3 is 1. The third-order valence-electron chi connectivity index (χ3n) is 2.10. The monoisotopic (exact) mass is 204 g/mol. The molecule has 0 fully saturated rings. The fraction of sp³-hybridized carbons (Fsp3) is 0.182. The lowest BCUT2D eigenvalue weighted by atomic mass is 10.2. The molecule has 4 heteroatoms. The molecule has 1 aromatic heterocycles. The van der Waals surface area contributed by atoms with Crippen molar-refractivity contribution in [2.75, 3.05) is 19.5 Å². The summed E-state index contributed by atoms with van der Waals surface area (Å²) in [4.78, 5) is 4.24. The topological polar surface area (TPSA) is 47.3 Å². The van der Waals surface area contributed by atoms with Crippen LogP contribution in [0.1, 0.15) is 0 Å². The molecule has 0 aliphatic heterocycles. The Balaban J connectivity index is 2.28. The molecule has 1 heterocycles. The van der Waals surface area contributed by atoms with Gasteiger partial charge in [-0.05, 0) is 24.3 Å². The molecule has 0 unspecified atom stereocenters. The van der Waals surface area contributed by atoms with Crippen LogP contribution in [0.5, 0.6) is 5.75 Å². The summed E-state index contributed by atoms with van der Waals surface area (Å²) < 4.78 is 10.2. The van der Waals surface area contributed by atoms with Crippen LogP contribution in [0, 0.1) is 0 Å². The van der Waals surface area contributed by atoms with Gasteiger partial charge in [0.25, 0.3) is 6.01 Å². The number of rotatable bonds is 3. The summed E-state index contributed by atoms with van der Waals surface area (Å²) in [6.45, 7) is 0. The van der Waals surface area contributed by atoms with Crippen LogP contribution >= 0.6 is 0 Å². The minimum atomic E-state index is 0.515. The summed E-state index contributed by atoms with van der Waals surface area (Å²) in [6, 6.07) is 8.18. The number of oxazole rings is 1. The van der Waals surface area contributed by atoms with Crippen molar-refractivity contribution in [1.82, 2.24) is 4.98 Å². The normalized spacial score (nSPS) is 10.0. The van der Waals surface area contributed by atoms with E-state index in [2.05, 4.69) is 10.3 Å². The van der Waals surface area contributed by atoms with E-state index in [9.17, 15) is 0 Å². The molecular weight excluding hydrogens is 192 g/mol. The Hall–Kier alpha value is -1.97. The van der Waals surface area contributed by atoms with E-state index >= 15 is 0 Å². The van der Waals surface area contributed by atoms with Gasteiger partial charge in [-0.15, -0.1) is 0 Å². The molecule has 0 aliphatic carbocycles. The first-order valence-electron chi connectivity index (χ1n) is 4.61. The van der Waals surface area contributed by atoms with E-state index < -0.39 is 0 Å². The second-order valence-corrected chi connectivity index (χ2v) is 3.02. The highest BCUT2D eigenvalue weighted by molar-refractivity contribution is 5.60. The van der Waals surface area contributed by atoms with Crippen molar-refractivity contribution >= 4 is 6.01 Å². The van der Waals surface area contributed by atoms with E-state index in [4.69, 9.17) is 9.15 Å². The molecule has 1 aromatic carbocycles. The molecule has 2 rings (SSSR count). The highest BCUT2D eigenvalue weighted by Crippen LogP contribution is 2.22. The molecular formula is C11H12N2O2. The largest absolute Gasteiger partial charge is 0.497 e. The van der Waals surface area contributed by atoms with Crippen LogP contribution in [0.2, 0.25) is 0 Å². The van der Waals surface area contributed by atoms with Gasteiger partial charge in [0.15, 0.2) is 0 Å². The highest BCUT2D eigenvalue weighted by atomic mass is 16.5. The van der Waals surface area contributed by atoms with Gasteiger partial charge in [0.1, 0.15) is 17.7 Å². The highest BCUT2D eigenvalue weighted by Gasteiger charge is 2.04. The quantitative estimate of drug-likeness (QED) is 0.833. The number of ether oxygens (including phenoxy) is 1. The third kappa shape index (κ3) is 1.93. The minimum Gasteiger partial charge on any atom is -0.497 e. The van der Waals surface area contributed by atoms with Crippen LogP contribution in [0.15, 0.2) is 34.9 Å². The summed E-state index contributed by atoms with van der Waals surface area (Å²) in [5.41, 5.74) is 1.81. The van der Waals surface area contributed by atoms with Crippen molar-refractivity contribution in [2.45, 2.75) is 0 Å². The number of anilines is 1. The molecule has 15 heavy (non-hydrogen) atoms. The zero-order valence-electron chi connectivity index (χ0n) is 8.65. The fourth-order valence-electron chi connectivity index (χ4n) is 1.28. The molecule has 2 aromatic rings. The number of hydrogen-bond donors (Lipinski definition) is 1. The van der Waals surface area contributed by atoms with Crippen molar-refractivity contribution in [1.29, 1.82) is 0 Å². The first-order valence-corrected chi connectivity index (χ1v) is 4.61. The molecule has 0 atom stereocenters. The van der Waals surface area contributed by atoms with Crippen LogP contribution in [0.25, 0.3) is 11.3 Å². The molecule has 0 bridgehead atoms. The van der Waals surface area contributed by atoms with Gasteiger partial charge >= 0.3 is 0 Å². The van der Waals surface area contributed by atoms with Gasteiger partial charge in [-0.2, -0.15) is 4.98 Å². The van der Waals surface area contributed by atoms with Gasteiger partial charge in [0.2, 0.25) is 0 Å². The van der Waals surface area contributed by atoms with Crippen molar-refractivity contribution in [2.24, 2.45) is 0 Å². The standard InChI is InChI=1S/C11H12N2O2/c1-12-11-13-10(7-15-11)8-3-5-9(14-2)6-4-8/h3-7H,1-2H3,(H,12,13). The average Bonchev–Trinajstić information content (AvgIpc) is 2.78. The van der Waals surface area contributed by atoms with Gasteiger partial charge in [-0.1, -0.05) is 0 Å². The molecule has 0 saturated carbocycles. The molecule has 4 nitrogen and oxygen atoms in total. The Morgan fingerprint density at radius 1 is 1.27 bits per heavy atom. The fourth-order valence-corrected chi connectivity index (χ4v) is 1.28. The summed E-state index contributed by atoms with van der Waals surface area (Å²) in [5, 5.41) is 2.84. The zero-order valence-corrected chi connectivity index (χ0v) is 8.65. The summed E-state index contributed by atoms with van der Waals surface area (Å²) in [5.74, 6) is 0.830. The van der Waals surface area contributed by atoms with E-state index in [-0.39, 0.29) is 0 Å². The van der Waals surface area contributed by atoms with E-state index in [1.165, 1.54) is 0 Å². The van der Waals surface area contributed by atoms with E-state index in [1.54, 1.807) is 20.4 Å². The molecule has 0 radical (unpaired) electrons. The maximum Gasteiger partial charge on any atom is 0.294 e. The lowest BCUT2D eigenvalue weighted by molar-refractivity contribution is 0.415. The van der Waals surface area contributed by atoms with Crippen molar-refractivity contribution in [3.05, 3.63) is 30.5 Å². The summed E-state index contributed by atoms with van der Waals surface area (Å²) in [6.07, 6.45) is 1.62. The van der Waals surface area contributed by atoms with Crippen molar-refractivity contribution in [3.63, 3.8) is 0 Å². The second kappa shape index (κ2) is 4.04. The maximum absolute atomic E-state index is 5.17. The Morgan fingerprint density at radius 3 is 2.53 bits per heavy atom. The third-order valence-corrected chi connectivity index (χ3v) is 2.10. The van der Waals surface area contributed by atoms with E-state index in [0.29, 0.717) is 6.01 Å². The van der Waals surface area contributed by atoms with Crippen LogP contribution in [-0.4, -0.2) is 19.1 Å². The summed E-state index contributed by atoms with van der Waals surface area (Å²) in [7, 11) is 3.41. The minimum absolute atomic E-state index is 0.515. The first-order chi connectivity index (χ1) is 7.33.